The van der Waals surface area contributed by atoms with Crippen LogP contribution in [0.2, 0.25) is 0 Å². The van der Waals surface area contributed by atoms with Crippen LogP contribution in [0.25, 0.3) is 0 Å². The molecule has 1 N–H and O–H groups in total. The van der Waals surface area contributed by atoms with Crippen LogP contribution in [0, 0.1) is 5.92 Å². The first-order chi connectivity index (χ1) is 12.7. The Morgan fingerprint density at radius 1 is 1.15 bits per heavy atom. The van der Waals surface area contributed by atoms with Crippen LogP contribution in [0.15, 0.2) is 24.3 Å². The van der Waals surface area contributed by atoms with Crippen molar-refractivity contribution in [3.05, 3.63) is 35.4 Å². The number of carbonyl (C=O) groups excluding carboxylic acids is 2. The second-order valence-electron chi connectivity index (χ2n) is 8.28. The molecule has 1 saturated heterocycles. The quantitative estimate of drug-likeness (QED) is 0.807. The van der Waals surface area contributed by atoms with Crippen molar-refractivity contribution in [3.8, 4) is 0 Å². The summed E-state index contributed by atoms with van der Waals surface area (Å²) >= 11 is 0. The smallest absolute Gasteiger partial charge is 0.410 e. The lowest BCUT2D eigenvalue weighted by Gasteiger charge is -2.24. The molecule has 1 unspecified atom stereocenters. The van der Waals surface area contributed by atoms with Gasteiger partial charge in [-0.3, -0.25) is 0 Å². The lowest BCUT2D eigenvalue weighted by atomic mass is 10.1. The predicted octanol–water partition coefficient (Wildman–Crippen LogP) is 4.00. The van der Waals surface area contributed by atoms with Crippen LogP contribution in [-0.2, 0) is 17.8 Å². The molecule has 0 aromatic heterocycles. The first-order valence-corrected chi connectivity index (χ1v) is 9.77. The van der Waals surface area contributed by atoms with Gasteiger partial charge in [-0.2, -0.15) is 0 Å². The van der Waals surface area contributed by atoms with E-state index in [1.807, 2.05) is 44.7 Å². The number of benzene rings is 1. The van der Waals surface area contributed by atoms with Crippen LogP contribution in [0.5, 0.6) is 0 Å². The van der Waals surface area contributed by atoms with Gasteiger partial charge in [-0.1, -0.05) is 31.2 Å². The summed E-state index contributed by atoms with van der Waals surface area (Å²) in [5.41, 5.74) is 2.15. The van der Waals surface area contributed by atoms with Gasteiger partial charge in [0.2, 0.25) is 0 Å². The van der Waals surface area contributed by atoms with Gasteiger partial charge in [0.15, 0.2) is 0 Å². The van der Waals surface area contributed by atoms with E-state index in [0.29, 0.717) is 12.5 Å². The van der Waals surface area contributed by atoms with Crippen LogP contribution in [0.3, 0.4) is 0 Å². The van der Waals surface area contributed by atoms with Crippen molar-refractivity contribution in [2.75, 3.05) is 19.6 Å². The zero-order valence-corrected chi connectivity index (χ0v) is 17.2. The topological polar surface area (TPSA) is 61.9 Å². The summed E-state index contributed by atoms with van der Waals surface area (Å²) in [6.07, 6.45) is 0.927. The van der Waals surface area contributed by atoms with Gasteiger partial charge in [-0.05, 0) is 51.2 Å². The summed E-state index contributed by atoms with van der Waals surface area (Å²) in [6.45, 7) is 13.6. The van der Waals surface area contributed by atoms with Gasteiger partial charge in [0.1, 0.15) is 5.60 Å². The fraction of sp³-hybridized carbons (Fsp3) is 0.619. The minimum Gasteiger partial charge on any atom is -0.444 e. The van der Waals surface area contributed by atoms with Crippen molar-refractivity contribution in [3.63, 3.8) is 0 Å². The molecule has 1 fully saturated rings. The molecule has 0 radical (unpaired) electrons. The van der Waals surface area contributed by atoms with E-state index in [1.54, 1.807) is 4.90 Å². The second-order valence-corrected chi connectivity index (χ2v) is 8.28. The third-order valence-electron chi connectivity index (χ3n) is 4.53. The first-order valence-electron chi connectivity index (χ1n) is 9.77. The van der Waals surface area contributed by atoms with E-state index in [9.17, 15) is 9.59 Å². The van der Waals surface area contributed by atoms with Gasteiger partial charge in [-0.15, -0.1) is 0 Å². The van der Waals surface area contributed by atoms with Crippen LogP contribution in [-0.4, -0.2) is 47.2 Å². The molecular weight excluding hydrogens is 342 g/mol. The zero-order chi connectivity index (χ0) is 20.0. The fourth-order valence-electron chi connectivity index (χ4n) is 3.17. The van der Waals surface area contributed by atoms with E-state index in [4.69, 9.17) is 4.74 Å². The van der Waals surface area contributed by atoms with Crippen LogP contribution < -0.4 is 5.32 Å². The maximum atomic E-state index is 11.5. The monoisotopic (exact) mass is 375 g/mol. The Hall–Kier alpha value is -2.24. The maximum Gasteiger partial charge on any atom is 0.410 e. The molecule has 3 amide bonds. The molecule has 2 aliphatic rings. The lowest BCUT2D eigenvalue weighted by Crippen LogP contribution is -2.36. The lowest BCUT2D eigenvalue weighted by molar-refractivity contribution is 0.0289. The molecule has 2 heterocycles. The average Bonchev–Trinajstić information content (AvgIpc) is 3.20. The van der Waals surface area contributed by atoms with E-state index in [1.165, 1.54) is 11.1 Å². The minimum absolute atomic E-state index is 0.0312. The summed E-state index contributed by atoms with van der Waals surface area (Å²) in [7, 11) is 0. The Kier molecular flexibility index (Phi) is 7.11. The van der Waals surface area contributed by atoms with Crippen LogP contribution >= 0.6 is 0 Å². The van der Waals surface area contributed by atoms with Crippen molar-refractivity contribution in [2.24, 2.45) is 5.92 Å². The van der Waals surface area contributed by atoms with Crippen molar-refractivity contribution in [1.29, 1.82) is 0 Å². The number of hydrogen-bond donors (Lipinski definition) is 1. The number of urea groups is 1. The molecule has 27 heavy (non-hydrogen) atoms. The Balaban J connectivity index is 0.000000194. The number of amides is 3. The van der Waals surface area contributed by atoms with Gasteiger partial charge in [0, 0.05) is 32.7 Å². The zero-order valence-electron chi connectivity index (χ0n) is 17.2. The number of nitrogens with zero attached hydrogens (tertiary/aromatic N) is 2. The molecule has 0 aliphatic carbocycles. The third kappa shape index (κ3) is 6.45. The highest BCUT2D eigenvalue weighted by Gasteiger charge is 2.27. The molecule has 1 aromatic carbocycles. The van der Waals surface area contributed by atoms with Crippen LogP contribution in [0.1, 0.15) is 52.2 Å². The molecular formula is C21H33N3O3. The number of nitrogens with one attached hydrogen (secondary N) is 1. The SMILES string of the molecule is CC1CCN(C(=O)OC(C)(C)C)C1.CCNC(=O)N1Cc2ccccc2C1. The number of likely N-dealkylation sites (tertiary alicyclic amines) is 1. The Morgan fingerprint density at radius 2 is 1.74 bits per heavy atom. The number of hydrogen-bond acceptors (Lipinski definition) is 3. The van der Waals surface area contributed by atoms with E-state index < -0.39 is 0 Å². The van der Waals surface area contributed by atoms with Crippen molar-refractivity contribution in [2.45, 2.75) is 59.7 Å². The Morgan fingerprint density at radius 3 is 2.19 bits per heavy atom. The highest BCUT2D eigenvalue weighted by molar-refractivity contribution is 5.75. The maximum absolute atomic E-state index is 11.5. The van der Waals surface area contributed by atoms with Crippen molar-refractivity contribution < 1.29 is 14.3 Å². The van der Waals surface area contributed by atoms with Crippen LogP contribution in [0.4, 0.5) is 9.59 Å². The minimum atomic E-state index is -0.372. The molecule has 1 atom stereocenters. The van der Waals surface area contributed by atoms with E-state index in [-0.39, 0.29) is 17.7 Å². The van der Waals surface area contributed by atoms with Gasteiger partial charge in [-0.25, -0.2) is 9.59 Å². The molecule has 2 aliphatic heterocycles. The molecule has 0 spiro atoms. The standard InChI is InChI=1S/C11H14N2O.C10H19NO2/c1-2-12-11(14)13-7-9-5-3-4-6-10(9)8-13;1-8-5-6-11(7-8)9(12)13-10(2,3)4/h3-6H,2,7-8H2,1H3,(H,12,14);8H,5-7H2,1-4H3. The number of carbonyl (C=O) groups is 2. The largest absolute Gasteiger partial charge is 0.444 e. The molecule has 0 bridgehead atoms. The molecule has 150 valence electrons. The summed E-state index contributed by atoms with van der Waals surface area (Å²) in [6, 6.07) is 8.21. The van der Waals surface area contributed by atoms with Gasteiger partial charge in [0.25, 0.3) is 0 Å². The highest BCUT2D eigenvalue weighted by Crippen LogP contribution is 2.21. The van der Waals surface area contributed by atoms with Gasteiger partial charge in [0.05, 0.1) is 0 Å². The first kappa shape index (κ1) is 21.1. The van der Waals surface area contributed by atoms with Gasteiger partial charge < -0.3 is 19.9 Å². The summed E-state index contributed by atoms with van der Waals surface area (Å²) in [4.78, 5) is 26.7. The number of rotatable bonds is 1. The van der Waals surface area contributed by atoms with Crippen molar-refractivity contribution >= 4 is 12.1 Å². The molecule has 6 heteroatoms. The average molecular weight is 376 g/mol. The summed E-state index contributed by atoms with van der Waals surface area (Å²) in [5, 5.41) is 2.81. The Bertz CT molecular complexity index is 629. The summed E-state index contributed by atoms with van der Waals surface area (Å²) < 4.78 is 5.26. The normalized spacial score (nSPS) is 18.5. The fourth-order valence-corrected chi connectivity index (χ4v) is 3.17. The predicted molar refractivity (Wildman–Crippen MR) is 106 cm³/mol. The molecule has 0 saturated carbocycles. The molecule has 6 nitrogen and oxygen atoms in total. The van der Waals surface area contributed by atoms with E-state index in [0.717, 1.165) is 32.6 Å². The van der Waals surface area contributed by atoms with Crippen molar-refractivity contribution in [1.82, 2.24) is 15.1 Å². The molecule has 1 aromatic rings. The van der Waals surface area contributed by atoms with Gasteiger partial charge >= 0.3 is 12.1 Å². The summed E-state index contributed by atoms with van der Waals surface area (Å²) in [5.74, 6) is 0.618. The molecule has 3 rings (SSSR count). The Labute approximate surface area is 162 Å². The highest BCUT2D eigenvalue weighted by atomic mass is 16.6. The third-order valence-corrected chi connectivity index (χ3v) is 4.53. The number of ether oxygens (including phenoxy) is 1. The number of fused-ring (bicyclic) bond motifs is 1. The van der Waals surface area contributed by atoms with E-state index >= 15 is 0 Å². The second kappa shape index (κ2) is 9.11. The van der Waals surface area contributed by atoms with E-state index in [2.05, 4.69) is 24.4 Å².